The van der Waals surface area contributed by atoms with Crippen LogP contribution in [0.25, 0.3) is 0 Å². The van der Waals surface area contributed by atoms with Crippen LogP contribution in [0.1, 0.15) is 42.1 Å². The summed E-state index contributed by atoms with van der Waals surface area (Å²) >= 11 is 0. The van der Waals surface area contributed by atoms with Crippen molar-refractivity contribution < 1.29 is 10.0 Å². The Hall–Kier alpha value is -2.04. The van der Waals surface area contributed by atoms with E-state index in [1.807, 2.05) is 4.90 Å². The van der Waals surface area contributed by atoms with E-state index in [1.54, 1.807) is 24.3 Å². The van der Waals surface area contributed by atoms with Gasteiger partial charge in [-0.05, 0) is 37.3 Å². The summed E-state index contributed by atoms with van der Waals surface area (Å²) in [4.78, 5) is 14.4. The average molecular weight is 275 g/mol. The number of nitrogens with two attached hydrogens (primary N) is 1. The molecule has 1 fully saturated rings. The molecule has 0 aromatic heterocycles. The van der Waals surface area contributed by atoms with Crippen molar-refractivity contribution in [2.24, 2.45) is 16.8 Å². The van der Waals surface area contributed by atoms with Gasteiger partial charge in [-0.2, -0.15) is 0 Å². The summed E-state index contributed by atoms with van der Waals surface area (Å²) in [5, 5.41) is 11.7. The fourth-order valence-corrected chi connectivity index (χ4v) is 2.52. The molecule has 108 valence electrons. The normalized spacial score (nSPS) is 20.6. The smallest absolute Gasteiger partial charge is 0.253 e. The number of hydrogen-bond acceptors (Lipinski definition) is 3. The molecule has 1 aromatic rings. The number of amides is 1. The lowest BCUT2D eigenvalue weighted by Gasteiger charge is -2.20. The maximum atomic E-state index is 12.5. The van der Waals surface area contributed by atoms with Crippen LogP contribution >= 0.6 is 0 Å². The first kappa shape index (κ1) is 14.4. The maximum Gasteiger partial charge on any atom is 0.253 e. The molecule has 3 N–H and O–H groups in total. The second kappa shape index (κ2) is 6.41. The minimum absolute atomic E-state index is 0.0177. The highest BCUT2D eigenvalue weighted by atomic mass is 16.4. The standard InChI is InChI=1S/C15H21N3O2/c1-11-4-3-8-18(9-7-11)15(19)13-6-2-5-12(10-13)14(16)17-20/h2,5-6,10-11,20H,3-4,7-9H2,1H3,(H2,16,17). The number of carbonyl (C=O) groups is 1. The van der Waals surface area contributed by atoms with Crippen molar-refractivity contribution in [3.8, 4) is 0 Å². The minimum atomic E-state index is 0.0177. The summed E-state index contributed by atoms with van der Waals surface area (Å²) < 4.78 is 0. The van der Waals surface area contributed by atoms with E-state index in [9.17, 15) is 4.79 Å². The van der Waals surface area contributed by atoms with E-state index in [-0.39, 0.29) is 11.7 Å². The Morgan fingerprint density at radius 1 is 1.35 bits per heavy atom. The third-order valence-corrected chi connectivity index (χ3v) is 3.82. The van der Waals surface area contributed by atoms with Crippen molar-refractivity contribution in [1.29, 1.82) is 0 Å². The van der Waals surface area contributed by atoms with Crippen molar-refractivity contribution in [3.05, 3.63) is 35.4 Å². The van der Waals surface area contributed by atoms with Gasteiger partial charge in [0.05, 0.1) is 0 Å². The molecule has 1 aliphatic rings. The predicted molar refractivity (Wildman–Crippen MR) is 77.9 cm³/mol. The molecule has 5 heteroatoms. The van der Waals surface area contributed by atoms with Crippen LogP contribution in [0.3, 0.4) is 0 Å². The Morgan fingerprint density at radius 2 is 2.10 bits per heavy atom. The molecule has 20 heavy (non-hydrogen) atoms. The van der Waals surface area contributed by atoms with Gasteiger partial charge in [0.15, 0.2) is 5.84 Å². The zero-order valence-corrected chi connectivity index (χ0v) is 11.7. The van der Waals surface area contributed by atoms with Gasteiger partial charge >= 0.3 is 0 Å². The van der Waals surface area contributed by atoms with E-state index in [0.717, 1.165) is 25.9 Å². The number of oxime groups is 1. The molecule has 1 saturated heterocycles. The number of rotatable bonds is 2. The summed E-state index contributed by atoms with van der Waals surface area (Å²) in [6, 6.07) is 6.91. The molecule has 1 heterocycles. The molecule has 1 aliphatic heterocycles. The summed E-state index contributed by atoms with van der Waals surface area (Å²) in [7, 11) is 0. The van der Waals surface area contributed by atoms with Gasteiger partial charge in [-0.3, -0.25) is 4.79 Å². The fraction of sp³-hybridized carbons (Fsp3) is 0.467. The molecule has 2 rings (SSSR count). The van der Waals surface area contributed by atoms with Crippen molar-refractivity contribution in [3.63, 3.8) is 0 Å². The Labute approximate surface area is 119 Å². The van der Waals surface area contributed by atoms with E-state index in [2.05, 4.69) is 12.1 Å². The van der Waals surface area contributed by atoms with E-state index in [1.165, 1.54) is 6.42 Å². The second-order valence-corrected chi connectivity index (χ2v) is 5.39. The number of nitrogens with zero attached hydrogens (tertiary/aromatic N) is 2. The van der Waals surface area contributed by atoms with E-state index < -0.39 is 0 Å². The van der Waals surface area contributed by atoms with Crippen LogP contribution in [0.4, 0.5) is 0 Å². The van der Waals surface area contributed by atoms with Gasteiger partial charge in [0.2, 0.25) is 0 Å². The van der Waals surface area contributed by atoms with Crippen LogP contribution in [0.15, 0.2) is 29.4 Å². The van der Waals surface area contributed by atoms with Gasteiger partial charge in [-0.25, -0.2) is 0 Å². The maximum absolute atomic E-state index is 12.5. The highest BCUT2D eigenvalue weighted by molar-refractivity contribution is 6.01. The Balaban J connectivity index is 2.16. The van der Waals surface area contributed by atoms with Gasteiger partial charge in [0.1, 0.15) is 0 Å². The number of likely N-dealkylation sites (tertiary alicyclic amines) is 1. The molecular formula is C15H21N3O2. The summed E-state index contributed by atoms with van der Waals surface area (Å²) in [6.45, 7) is 3.83. The lowest BCUT2D eigenvalue weighted by molar-refractivity contribution is 0.0760. The van der Waals surface area contributed by atoms with Crippen LogP contribution in [0.5, 0.6) is 0 Å². The molecule has 1 amide bonds. The monoisotopic (exact) mass is 275 g/mol. The molecule has 0 spiro atoms. The van der Waals surface area contributed by atoms with Gasteiger partial charge < -0.3 is 15.8 Å². The molecule has 1 unspecified atom stereocenters. The number of benzene rings is 1. The molecule has 0 aliphatic carbocycles. The lowest BCUT2D eigenvalue weighted by Crippen LogP contribution is -2.32. The molecular weight excluding hydrogens is 254 g/mol. The predicted octanol–water partition coefficient (Wildman–Crippen LogP) is 2.04. The molecule has 0 saturated carbocycles. The first-order valence-corrected chi connectivity index (χ1v) is 6.99. The minimum Gasteiger partial charge on any atom is -0.409 e. The van der Waals surface area contributed by atoms with Crippen molar-refractivity contribution in [2.75, 3.05) is 13.1 Å². The van der Waals surface area contributed by atoms with Gasteiger partial charge in [-0.1, -0.05) is 24.2 Å². The van der Waals surface area contributed by atoms with Crippen LogP contribution < -0.4 is 5.73 Å². The Kier molecular flexibility index (Phi) is 4.61. The zero-order valence-electron chi connectivity index (χ0n) is 11.7. The summed E-state index contributed by atoms with van der Waals surface area (Å²) in [5.74, 6) is 0.715. The molecule has 0 radical (unpaired) electrons. The number of hydrogen-bond donors (Lipinski definition) is 2. The van der Waals surface area contributed by atoms with E-state index in [4.69, 9.17) is 10.9 Å². The SMILES string of the molecule is CC1CCCN(C(=O)c2cccc(C(N)=NO)c2)CC1. The van der Waals surface area contributed by atoms with Gasteiger partial charge in [0, 0.05) is 24.2 Å². The van der Waals surface area contributed by atoms with E-state index >= 15 is 0 Å². The van der Waals surface area contributed by atoms with Crippen LogP contribution in [0.2, 0.25) is 0 Å². The molecule has 5 nitrogen and oxygen atoms in total. The van der Waals surface area contributed by atoms with Crippen molar-refractivity contribution in [1.82, 2.24) is 4.90 Å². The first-order chi connectivity index (χ1) is 9.61. The zero-order chi connectivity index (χ0) is 14.5. The Morgan fingerprint density at radius 3 is 2.85 bits per heavy atom. The largest absolute Gasteiger partial charge is 0.409 e. The molecule has 0 bridgehead atoms. The Bertz CT molecular complexity index is 514. The number of carbonyl (C=O) groups excluding carboxylic acids is 1. The second-order valence-electron chi connectivity index (χ2n) is 5.39. The molecule has 1 aromatic carbocycles. The van der Waals surface area contributed by atoms with Crippen LogP contribution in [0, 0.1) is 5.92 Å². The van der Waals surface area contributed by atoms with Crippen molar-refractivity contribution >= 4 is 11.7 Å². The summed E-state index contributed by atoms with van der Waals surface area (Å²) in [6.07, 6.45) is 3.27. The van der Waals surface area contributed by atoms with Crippen LogP contribution in [-0.2, 0) is 0 Å². The highest BCUT2D eigenvalue weighted by Crippen LogP contribution is 2.18. The quantitative estimate of drug-likeness (QED) is 0.375. The van der Waals surface area contributed by atoms with Crippen LogP contribution in [-0.4, -0.2) is 34.9 Å². The summed E-state index contributed by atoms with van der Waals surface area (Å²) in [5.41, 5.74) is 6.70. The van der Waals surface area contributed by atoms with Gasteiger partial charge in [-0.15, -0.1) is 0 Å². The first-order valence-electron chi connectivity index (χ1n) is 6.99. The molecule has 1 atom stereocenters. The topological polar surface area (TPSA) is 78.9 Å². The van der Waals surface area contributed by atoms with E-state index in [0.29, 0.717) is 17.0 Å². The van der Waals surface area contributed by atoms with Gasteiger partial charge in [0.25, 0.3) is 5.91 Å². The fourth-order valence-electron chi connectivity index (χ4n) is 2.52. The third-order valence-electron chi connectivity index (χ3n) is 3.82. The third kappa shape index (κ3) is 3.29. The number of amidine groups is 1. The highest BCUT2D eigenvalue weighted by Gasteiger charge is 2.20. The average Bonchev–Trinajstić information content (AvgIpc) is 2.70. The van der Waals surface area contributed by atoms with Crippen molar-refractivity contribution in [2.45, 2.75) is 26.2 Å². The lowest BCUT2D eigenvalue weighted by atomic mass is 10.0.